The molecule has 0 aliphatic carbocycles. The fourth-order valence-corrected chi connectivity index (χ4v) is 4.56. The van der Waals surface area contributed by atoms with Gasteiger partial charge in [-0.1, -0.05) is 6.42 Å². The number of furan rings is 1. The molecule has 0 spiro atoms. The number of carbonyl (C=O) groups is 2. The van der Waals surface area contributed by atoms with E-state index in [2.05, 4.69) is 9.72 Å². The standard InChI is InChI=1S/C20H20N2O6S/c1-11-15-17(21-14-6-4-3-5-9-22(14)18(15)23)29-16(11)20(25)27-10-12-7-8-13(28-12)19(24)26-2/h7-8H,3-6,9-10H2,1-2H3. The molecule has 0 amide bonds. The zero-order valence-corrected chi connectivity index (χ0v) is 17.0. The lowest BCUT2D eigenvalue weighted by Gasteiger charge is -2.08. The largest absolute Gasteiger partial charge is 0.463 e. The Balaban J connectivity index is 1.59. The molecule has 8 nitrogen and oxygen atoms in total. The van der Waals surface area contributed by atoms with Crippen molar-refractivity contribution in [2.75, 3.05) is 7.11 Å². The van der Waals surface area contributed by atoms with Gasteiger partial charge in [0.15, 0.2) is 0 Å². The van der Waals surface area contributed by atoms with Crippen molar-refractivity contribution in [3.8, 4) is 0 Å². The smallest absolute Gasteiger partial charge is 0.373 e. The van der Waals surface area contributed by atoms with Gasteiger partial charge in [-0.15, -0.1) is 11.3 Å². The molecule has 0 saturated carbocycles. The molecule has 1 aliphatic heterocycles. The minimum atomic E-state index is -0.603. The van der Waals surface area contributed by atoms with Crippen LogP contribution in [-0.4, -0.2) is 28.6 Å². The summed E-state index contributed by atoms with van der Waals surface area (Å²) in [6.45, 7) is 2.27. The highest BCUT2D eigenvalue weighted by atomic mass is 32.1. The predicted octanol–water partition coefficient (Wildman–Crippen LogP) is 3.23. The summed E-state index contributed by atoms with van der Waals surface area (Å²) in [5.74, 6) is -0.0137. The van der Waals surface area contributed by atoms with Gasteiger partial charge in [0.2, 0.25) is 5.76 Å². The molecule has 0 aromatic carbocycles. The van der Waals surface area contributed by atoms with Gasteiger partial charge in [-0.2, -0.15) is 0 Å². The number of esters is 2. The minimum Gasteiger partial charge on any atom is -0.463 e. The summed E-state index contributed by atoms with van der Waals surface area (Å²) in [4.78, 5) is 42.6. The third-order valence-electron chi connectivity index (χ3n) is 4.99. The van der Waals surface area contributed by atoms with Crippen LogP contribution in [-0.2, 0) is 29.0 Å². The van der Waals surface area contributed by atoms with E-state index in [4.69, 9.17) is 9.15 Å². The van der Waals surface area contributed by atoms with Crippen molar-refractivity contribution >= 4 is 33.5 Å². The third kappa shape index (κ3) is 3.57. The van der Waals surface area contributed by atoms with Crippen molar-refractivity contribution in [2.24, 2.45) is 0 Å². The van der Waals surface area contributed by atoms with E-state index in [1.54, 1.807) is 17.6 Å². The Morgan fingerprint density at radius 1 is 1.24 bits per heavy atom. The zero-order chi connectivity index (χ0) is 20.5. The molecule has 4 heterocycles. The van der Waals surface area contributed by atoms with Crippen LogP contribution in [0.3, 0.4) is 0 Å². The molecule has 29 heavy (non-hydrogen) atoms. The lowest BCUT2D eigenvalue weighted by Crippen LogP contribution is -2.24. The summed E-state index contributed by atoms with van der Waals surface area (Å²) < 4.78 is 16.9. The van der Waals surface area contributed by atoms with Gasteiger partial charge in [0.1, 0.15) is 27.9 Å². The number of fused-ring (bicyclic) bond motifs is 2. The molecule has 0 atom stereocenters. The van der Waals surface area contributed by atoms with Gasteiger partial charge < -0.3 is 13.9 Å². The molecule has 152 valence electrons. The molecule has 0 N–H and O–H groups in total. The maximum Gasteiger partial charge on any atom is 0.373 e. The number of ether oxygens (including phenoxy) is 2. The number of methoxy groups -OCH3 is 1. The van der Waals surface area contributed by atoms with Crippen molar-refractivity contribution in [3.63, 3.8) is 0 Å². The van der Waals surface area contributed by atoms with Crippen molar-refractivity contribution in [3.05, 3.63) is 50.3 Å². The molecule has 4 rings (SSSR count). The second-order valence-electron chi connectivity index (χ2n) is 6.87. The van der Waals surface area contributed by atoms with E-state index in [0.29, 0.717) is 33.0 Å². The number of thiophene rings is 1. The van der Waals surface area contributed by atoms with Crippen molar-refractivity contribution in [2.45, 2.75) is 45.8 Å². The molecule has 0 fully saturated rings. The summed E-state index contributed by atoms with van der Waals surface area (Å²) in [6, 6.07) is 3.00. The second-order valence-corrected chi connectivity index (χ2v) is 7.86. The lowest BCUT2D eigenvalue weighted by atomic mass is 10.2. The summed E-state index contributed by atoms with van der Waals surface area (Å²) >= 11 is 1.17. The number of aromatic nitrogens is 2. The summed E-state index contributed by atoms with van der Waals surface area (Å²) in [5, 5.41) is 0.485. The van der Waals surface area contributed by atoms with Crippen LogP contribution in [0.25, 0.3) is 10.2 Å². The van der Waals surface area contributed by atoms with E-state index in [-0.39, 0.29) is 17.9 Å². The van der Waals surface area contributed by atoms with Crippen LogP contribution in [0.4, 0.5) is 0 Å². The van der Waals surface area contributed by atoms with Crippen LogP contribution < -0.4 is 5.56 Å². The van der Waals surface area contributed by atoms with Crippen LogP contribution in [0.15, 0.2) is 21.3 Å². The van der Waals surface area contributed by atoms with Gasteiger partial charge in [-0.3, -0.25) is 9.36 Å². The molecule has 0 unspecified atom stereocenters. The number of rotatable bonds is 4. The summed E-state index contributed by atoms with van der Waals surface area (Å²) in [5.41, 5.74) is 0.496. The molecule has 0 saturated heterocycles. The highest BCUT2D eigenvalue weighted by molar-refractivity contribution is 7.20. The molecule has 9 heteroatoms. The SMILES string of the molecule is COC(=O)c1ccc(COC(=O)c2sc3nc4n(c(=O)c3c2C)CCCCC4)o1. The van der Waals surface area contributed by atoms with Crippen LogP contribution in [0.1, 0.15) is 56.6 Å². The monoisotopic (exact) mass is 416 g/mol. The van der Waals surface area contributed by atoms with Gasteiger partial charge in [-0.05, 0) is 37.5 Å². The zero-order valence-electron chi connectivity index (χ0n) is 16.1. The first kappa shape index (κ1) is 19.4. The van der Waals surface area contributed by atoms with Crippen molar-refractivity contribution in [1.29, 1.82) is 0 Å². The first-order valence-electron chi connectivity index (χ1n) is 9.36. The fourth-order valence-electron chi connectivity index (χ4n) is 3.47. The Hall–Kier alpha value is -2.94. The number of hydrogen-bond acceptors (Lipinski definition) is 8. The van der Waals surface area contributed by atoms with E-state index in [1.165, 1.54) is 24.5 Å². The van der Waals surface area contributed by atoms with Crippen LogP contribution in [0.5, 0.6) is 0 Å². The fraction of sp³-hybridized carbons (Fsp3) is 0.400. The lowest BCUT2D eigenvalue weighted by molar-refractivity contribution is 0.0443. The van der Waals surface area contributed by atoms with Gasteiger partial charge in [0, 0.05) is 13.0 Å². The average molecular weight is 416 g/mol. The third-order valence-corrected chi connectivity index (χ3v) is 6.16. The first-order valence-corrected chi connectivity index (χ1v) is 10.2. The number of nitrogens with zero attached hydrogens (tertiary/aromatic N) is 2. The molecule has 3 aromatic heterocycles. The predicted molar refractivity (Wildman–Crippen MR) is 105 cm³/mol. The normalized spacial score (nSPS) is 13.7. The topological polar surface area (TPSA) is 101 Å². The number of hydrogen-bond donors (Lipinski definition) is 0. The highest BCUT2D eigenvalue weighted by Gasteiger charge is 2.23. The molecule has 3 aromatic rings. The highest BCUT2D eigenvalue weighted by Crippen LogP contribution is 2.29. The van der Waals surface area contributed by atoms with E-state index in [0.717, 1.165) is 31.5 Å². The van der Waals surface area contributed by atoms with Crippen LogP contribution in [0.2, 0.25) is 0 Å². The molecule has 1 aliphatic rings. The Morgan fingerprint density at radius 3 is 2.86 bits per heavy atom. The average Bonchev–Trinajstić information content (AvgIpc) is 3.23. The quantitative estimate of drug-likeness (QED) is 0.602. The summed E-state index contributed by atoms with van der Waals surface area (Å²) in [7, 11) is 1.25. The van der Waals surface area contributed by atoms with E-state index in [9.17, 15) is 14.4 Å². The molecule has 0 radical (unpaired) electrons. The van der Waals surface area contributed by atoms with Crippen molar-refractivity contribution in [1.82, 2.24) is 9.55 Å². The Bertz CT molecular complexity index is 1160. The van der Waals surface area contributed by atoms with Gasteiger partial charge in [0.05, 0.1) is 12.5 Å². The molecule has 0 bridgehead atoms. The number of aryl methyl sites for hydroxylation is 2. The summed E-state index contributed by atoms with van der Waals surface area (Å²) in [6.07, 6.45) is 3.81. The Morgan fingerprint density at radius 2 is 2.07 bits per heavy atom. The van der Waals surface area contributed by atoms with E-state index in [1.807, 2.05) is 0 Å². The first-order chi connectivity index (χ1) is 14.0. The minimum absolute atomic E-state index is 0.0373. The van der Waals surface area contributed by atoms with E-state index < -0.39 is 11.9 Å². The Labute approximate surface area is 170 Å². The van der Waals surface area contributed by atoms with Crippen molar-refractivity contribution < 1.29 is 23.5 Å². The van der Waals surface area contributed by atoms with Crippen LogP contribution >= 0.6 is 11.3 Å². The van der Waals surface area contributed by atoms with E-state index >= 15 is 0 Å². The van der Waals surface area contributed by atoms with Gasteiger partial charge in [-0.25, -0.2) is 14.6 Å². The molecular weight excluding hydrogens is 396 g/mol. The number of carbonyl (C=O) groups excluding carboxylic acids is 2. The Kier molecular flexibility index (Phi) is 5.23. The second kappa shape index (κ2) is 7.82. The van der Waals surface area contributed by atoms with Gasteiger partial charge >= 0.3 is 11.9 Å². The van der Waals surface area contributed by atoms with Crippen LogP contribution in [0, 0.1) is 6.92 Å². The maximum atomic E-state index is 13.0. The maximum absolute atomic E-state index is 13.0. The molecular formula is C20H20N2O6S. The van der Waals surface area contributed by atoms with Gasteiger partial charge in [0.25, 0.3) is 5.56 Å².